The van der Waals surface area contributed by atoms with Gasteiger partial charge in [-0.3, -0.25) is 14.5 Å². The Hall–Kier alpha value is -2.96. The lowest BCUT2D eigenvalue weighted by molar-refractivity contribution is 0.0971. The molecule has 0 saturated carbocycles. The number of hydrogen-bond acceptors (Lipinski definition) is 5. The zero-order chi connectivity index (χ0) is 20.3. The third-order valence-electron chi connectivity index (χ3n) is 5.02. The van der Waals surface area contributed by atoms with E-state index in [1.165, 1.54) is 11.3 Å². The summed E-state index contributed by atoms with van der Waals surface area (Å²) < 4.78 is 5.95. The van der Waals surface area contributed by atoms with Crippen molar-refractivity contribution in [2.75, 3.05) is 4.90 Å². The van der Waals surface area contributed by atoms with E-state index < -0.39 is 6.04 Å². The van der Waals surface area contributed by atoms with Gasteiger partial charge in [-0.15, -0.1) is 11.3 Å². The fourth-order valence-electron chi connectivity index (χ4n) is 3.70. The number of benzene rings is 2. The number of amides is 1. The second-order valence-corrected chi connectivity index (χ2v) is 8.35. The normalized spacial score (nSPS) is 15.9. The maximum Gasteiger partial charge on any atom is 0.297 e. The van der Waals surface area contributed by atoms with Gasteiger partial charge in [0, 0.05) is 10.4 Å². The van der Waals surface area contributed by atoms with Gasteiger partial charge in [-0.25, -0.2) is 4.98 Å². The molecule has 5 nitrogen and oxygen atoms in total. The largest absolute Gasteiger partial charge is 0.450 e. The zero-order valence-electron chi connectivity index (χ0n) is 15.6. The Kier molecular flexibility index (Phi) is 4.08. The van der Waals surface area contributed by atoms with Crippen LogP contribution in [0.2, 0.25) is 5.02 Å². The SMILES string of the molecule is Cc1ccc2oc3c(c(=O)c2c1)C(c1ccc(Cl)cc1)N(c1nc(C)cs1)C3=O. The molecule has 0 N–H and O–H groups in total. The van der Waals surface area contributed by atoms with Crippen LogP contribution in [0.25, 0.3) is 11.0 Å². The molecule has 0 radical (unpaired) electrons. The van der Waals surface area contributed by atoms with Gasteiger partial charge in [-0.05, 0) is 43.7 Å². The average Bonchev–Trinajstić information content (AvgIpc) is 3.25. The van der Waals surface area contributed by atoms with Gasteiger partial charge in [0.1, 0.15) is 5.58 Å². The quantitative estimate of drug-likeness (QED) is 0.441. The third-order valence-corrected chi connectivity index (χ3v) is 6.23. The van der Waals surface area contributed by atoms with Gasteiger partial charge in [0.25, 0.3) is 5.91 Å². The molecule has 1 atom stereocenters. The Bertz CT molecular complexity index is 1340. The van der Waals surface area contributed by atoms with Gasteiger partial charge in [0.05, 0.1) is 22.7 Å². The number of rotatable bonds is 2. The highest BCUT2D eigenvalue weighted by Gasteiger charge is 2.44. The minimum Gasteiger partial charge on any atom is -0.450 e. The van der Waals surface area contributed by atoms with Crippen molar-refractivity contribution in [1.29, 1.82) is 0 Å². The van der Waals surface area contributed by atoms with Crippen molar-refractivity contribution in [1.82, 2.24) is 4.98 Å². The maximum absolute atomic E-state index is 13.5. The summed E-state index contributed by atoms with van der Waals surface area (Å²) in [4.78, 5) is 32.9. The van der Waals surface area contributed by atoms with Crippen LogP contribution in [0.5, 0.6) is 0 Å². The van der Waals surface area contributed by atoms with Crippen LogP contribution < -0.4 is 10.3 Å². The minimum atomic E-state index is -0.624. The van der Waals surface area contributed by atoms with E-state index >= 15 is 0 Å². The first kappa shape index (κ1) is 18.1. The lowest BCUT2D eigenvalue weighted by Gasteiger charge is -2.22. The highest BCUT2D eigenvalue weighted by molar-refractivity contribution is 7.14. The molecule has 4 aromatic rings. The molecule has 0 bridgehead atoms. The second-order valence-electron chi connectivity index (χ2n) is 7.07. The monoisotopic (exact) mass is 422 g/mol. The molecule has 1 amide bonds. The molecule has 7 heteroatoms. The molecule has 0 spiro atoms. The molecule has 1 aliphatic heterocycles. The van der Waals surface area contributed by atoms with Gasteiger partial charge < -0.3 is 4.42 Å². The third kappa shape index (κ3) is 2.79. The first-order valence-corrected chi connectivity index (χ1v) is 10.3. The van der Waals surface area contributed by atoms with Crippen molar-refractivity contribution in [2.24, 2.45) is 0 Å². The van der Waals surface area contributed by atoms with Crippen LogP contribution in [0, 0.1) is 13.8 Å². The standard InChI is InChI=1S/C22H15ClN2O3S/c1-11-3-8-16-15(9-11)19(26)17-18(13-4-6-14(23)7-5-13)25(21(27)20(17)28-16)22-24-12(2)10-29-22/h3-10,18H,1-2H3. The number of aryl methyl sites for hydroxylation is 2. The van der Waals surface area contributed by atoms with Crippen molar-refractivity contribution in [3.8, 4) is 0 Å². The van der Waals surface area contributed by atoms with E-state index in [2.05, 4.69) is 4.98 Å². The van der Waals surface area contributed by atoms with Crippen molar-refractivity contribution < 1.29 is 9.21 Å². The number of fused-ring (bicyclic) bond motifs is 2. The summed E-state index contributed by atoms with van der Waals surface area (Å²) in [7, 11) is 0. The summed E-state index contributed by atoms with van der Waals surface area (Å²) >= 11 is 7.42. The summed E-state index contributed by atoms with van der Waals surface area (Å²) in [5.41, 5.74) is 3.07. The van der Waals surface area contributed by atoms with Crippen molar-refractivity contribution in [3.63, 3.8) is 0 Å². The first-order chi connectivity index (χ1) is 13.9. The van der Waals surface area contributed by atoms with Gasteiger partial charge in [-0.2, -0.15) is 0 Å². The average molecular weight is 423 g/mol. The van der Waals surface area contributed by atoms with E-state index in [9.17, 15) is 9.59 Å². The Morgan fingerprint density at radius 1 is 1.10 bits per heavy atom. The Morgan fingerprint density at radius 3 is 2.55 bits per heavy atom. The van der Waals surface area contributed by atoms with E-state index in [1.54, 1.807) is 29.2 Å². The molecule has 29 heavy (non-hydrogen) atoms. The number of halogens is 1. The number of carbonyl (C=O) groups excluding carboxylic acids is 1. The molecule has 5 rings (SSSR count). The zero-order valence-corrected chi connectivity index (χ0v) is 17.2. The lowest BCUT2D eigenvalue weighted by Crippen LogP contribution is -2.29. The van der Waals surface area contributed by atoms with Crippen LogP contribution >= 0.6 is 22.9 Å². The minimum absolute atomic E-state index is 0.0687. The lowest BCUT2D eigenvalue weighted by atomic mass is 9.98. The van der Waals surface area contributed by atoms with Crippen LogP contribution in [0.1, 0.15) is 39.0 Å². The smallest absolute Gasteiger partial charge is 0.297 e. The molecule has 0 saturated heterocycles. The van der Waals surface area contributed by atoms with Crippen LogP contribution in [0.15, 0.2) is 57.1 Å². The molecule has 2 aromatic carbocycles. The van der Waals surface area contributed by atoms with Crippen molar-refractivity contribution in [2.45, 2.75) is 19.9 Å². The Morgan fingerprint density at radius 2 is 1.86 bits per heavy atom. The van der Waals surface area contributed by atoms with Gasteiger partial charge in [0.15, 0.2) is 10.6 Å². The van der Waals surface area contributed by atoms with Gasteiger partial charge >= 0.3 is 0 Å². The van der Waals surface area contributed by atoms with E-state index in [1.807, 2.05) is 37.4 Å². The Labute approximate surface area is 175 Å². The fourth-order valence-corrected chi connectivity index (χ4v) is 4.65. The topological polar surface area (TPSA) is 63.4 Å². The van der Waals surface area contributed by atoms with Crippen LogP contribution in [0.3, 0.4) is 0 Å². The maximum atomic E-state index is 13.5. The number of anilines is 1. The van der Waals surface area contributed by atoms with Gasteiger partial charge in [0.2, 0.25) is 5.76 Å². The number of nitrogens with zero attached hydrogens (tertiary/aromatic N) is 2. The second kappa shape index (κ2) is 6.54. The van der Waals surface area contributed by atoms with Gasteiger partial charge in [-0.1, -0.05) is 35.4 Å². The van der Waals surface area contributed by atoms with Crippen LogP contribution in [-0.2, 0) is 0 Å². The Balaban J connectivity index is 1.83. The van der Waals surface area contributed by atoms with Crippen molar-refractivity contribution >= 4 is 44.9 Å². The number of aromatic nitrogens is 1. The number of thiazole rings is 1. The predicted molar refractivity (Wildman–Crippen MR) is 114 cm³/mol. The molecular weight excluding hydrogens is 408 g/mol. The molecule has 0 fully saturated rings. The van der Waals surface area contributed by atoms with Crippen molar-refractivity contribution in [3.05, 3.63) is 91.2 Å². The summed E-state index contributed by atoms with van der Waals surface area (Å²) in [6.45, 7) is 3.78. The molecule has 3 heterocycles. The highest BCUT2D eigenvalue weighted by atomic mass is 35.5. The first-order valence-electron chi connectivity index (χ1n) is 9.02. The highest BCUT2D eigenvalue weighted by Crippen LogP contribution is 2.42. The van der Waals surface area contributed by atoms with E-state index in [0.717, 1.165) is 16.8 Å². The van der Waals surface area contributed by atoms with E-state index in [-0.39, 0.29) is 17.1 Å². The van der Waals surface area contributed by atoms with E-state index in [4.69, 9.17) is 16.0 Å². The summed E-state index contributed by atoms with van der Waals surface area (Å²) in [5.74, 6) is -0.298. The van der Waals surface area contributed by atoms with E-state index in [0.29, 0.717) is 26.7 Å². The number of hydrogen-bond donors (Lipinski definition) is 0. The predicted octanol–water partition coefficient (Wildman–Crippen LogP) is 5.27. The van der Waals surface area contributed by atoms with Crippen LogP contribution in [0.4, 0.5) is 5.13 Å². The molecular formula is C22H15ClN2O3S. The summed E-state index contributed by atoms with van der Waals surface area (Å²) in [5, 5.41) is 3.45. The summed E-state index contributed by atoms with van der Waals surface area (Å²) in [6, 6.07) is 11.9. The molecule has 1 unspecified atom stereocenters. The fraction of sp³-hybridized carbons (Fsp3) is 0.136. The van der Waals surface area contributed by atoms with Crippen LogP contribution in [-0.4, -0.2) is 10.9 Å². The number of carbonyl (C=O) groups is 1. The molecule has 144 valence electrons. The molecule has 2 aromatic heterocycles. The molecule has 1 aliphatic rings. The summed E-state index contributed by atoms with van der Waals surface area (Å²) in [6.07, 6.45) is 0. The molecule has 0 aliphatic carbocycles.